The van der Waals surface area contributed by atoms with Gasteiger partial charge in [-0.25, -0.2) is 4.98 Å². The van der Waals surface area contributed by atoms with Crippen LogP contribution >= 0.6 is 11.6 Å². The van der Waals surface area contributed by atoms with Crippen LogP contribution in [0.3, 0.4) is 0 Å². The second kappa shape index (κ2) is 7.89. The normalized spacial score (nSPS) is 20.6. The number of nitrogens with zero attached hydrogens (tertiary/aromatic N) is 7. The molecule has 0 radical (unpaired) electrons. The number of alkyl halides is 3. The zero-order chi connectivity index (χ0) is 24.5. The van der Waals surface area contributed by atoms with Crippen molar-refractivity contribution in [2.24, 2.45) is 5.41 Å². The first-order valence-electron chi connectivity index (χ1n) is 11.7. The van der Waals surface area contributed by atoms with Crippen LogP contribution in [-0.2, 0) is 13.1 Å². The minimum Gasteiger partial charge on any atom is -0.354 e. The minimum absolute atomic E-state index is 0.0670. The van der Waals surface area contributed by atoms with Crippen LogP contribution in [-0.4, -0.2) is 54.9 Å². The maximum absolute atomic E-state index is 13.6. The first-order chi connectivity index (χ1) is 16.6. The molecule has 1 unspecified atom stereocenters. The van der Waals surface area contributed by atoms with E-state index in [1.165, 1.54) is 11.8 Å². The summed E-state index contributed by atoms with van der Waals surface area (Å²) in [6.07, 6.45) is 1.01. The summed E-state index contributed by atoms with van der Waals surface area (Å²) in [5.41, 5.74) is 2.70. The fraction of sp³-hybridized carbons (Fsp3) is 0.500. The highest BCUT2D eigenvalue weighted by molar-refractivity contribution is 6.30. The lowest BCUT2D eigenvalue weighted by Gasteiger charge is -2.59. The van der Waals surface area contributed by atoms with Gasteiger partial charge >= 0.3 is 6.18 Å². The first kappa shape index (κ1) is 22.7. The van der Waals surface area contributed by atoms with E-state index in [0.29, 0.717) is 10.8 Å². The van der Waals surface area contributed by atoms with Crippen molar-refractivity contribution in [2.75, 3.05) is 18.0 Å². The van der Waals surface area contributed by atoms with Gasteiger partial charge in [0.2, 0.25) is 0 Å². The summed E-state index contributed by atoms with van der Waals surface area (Å²) >= 11 is 6.23. The Labute approximate surface area is 205 Å². The van der Waals surface area contributed by atoms with E-state index >= 15 is 0 Å². The Morgan fingerprint density at radius 1 is 1.09 bits per heavy atom. The van der Waals surface area contributed by atoms with E-state index in [1.807, 2.05) is 17.6 Å². The monoisotopic (exact) mass is 503 g/mol. The van der Waals surface area contributed by atoms with Gasteiger partial charge in [0.25, 0.3) is 0 Å². The van der Waals surface area contributed by atoms with Crippen LogP contribution < -0.4 is 4.90 Å². The Morgan fingerprint density at radius 2 is 1.83 bits per heavy atom. The maximum Gasteiger partial charge on any atom is 0.403 e. The van der Waals surface area contributed by atoms with Crippen molar-refractivity contribution in [3.63, 3.8) is 0 Å². The van der Waals surface area contributed by atoms with Crippen LogP contribution in [0.1, 0.15) is 48.6 Å². The summed E-state index contributed by atoms with van der Waals surface area (Å²) in [5, 5.41) is 9.35. The molecule has 184 valence electrons. The zero-order valence-electron chi connectivity index (χ0n) is 19.4. The largest absolute Gasteiger partial charge is 0.403 e. The molecule has 7 nitrogen and oxygen atoms in total. The van der Waals surface area contributed by atoms with Gasteiger partial charge in [-0.1, -0.05) is 11.6 Å². The number of rotatable bonds is 3. The molecular formula is C24H25ClF3N7. The fourth-order valence-electron chi connectivity index (χ4n) is 5.85. The molecule has 1 saturated carbocycles. The highest BCUT2D eigenvalue weighted by Crippen LogP contribution is 2.56. The number of benzene rings is 1. The fourth-order valence-corrected chi connectivity index (χ4v) is 6.04. The van der Waals surface area contributed by atoms with Crippen LogP contribution in [0.15, 0.2) is 30.6 Å². The van der Waals surface area contributed by atoms with Gasteiger partial charge in [0.15, 0.2) is 5.82 Å². The molecule has 3 aliphatic rings. The van der Waals surface area contributed by atoms with Gasteiger partial charge < -0.3 is 4.90 Å². The molecule has 0 bridgehead atoms. The number of aromatic nitrogens is 5. The van der Waals surface area contributed by atoms with Crippen LogP contribution in [0, 0.1) is 12.3 Å². The molecule has 6 rings (SSSR count). The van der Waals surface area contributed by atoms with E-state index in [9.17, 15) is 13.2 Å². The lowest BCUT2D eigenvalue weighted by Crippen LogP contribution is -2.62. The molecule has 1 saturated heterocycles. The van der Waals surface area contributed by atoms with Crippen LogP contribution in [0.25, 0.3) is 5.69 Å². The Morgan fingerprint density at radius 3 is 2.54 bits per heavy atom. The summed E-state index contributed by atoms with van der Waals surface area (Å²) in [5.74, 6) is 2.49. The van der Waals surface area contributed by atoms with E-state index in [1.54, 1.807) is 24.5 Å². The molecule has 1 aliphatic carbocycles. The molecule has 11 heteroatoms. The molecule has 4 heterocycles. The Kier molecular flexibility index (Phi) is 5.12. The number of hydrogen-bond acceptors (Lipinski definition) is 6. The van der Waals surface area contributed by atoms with Gasteiger partial charge in [0.1, 0.15) is 17.7 Å². The van der Waals surface area contributed by atoms with Crippen molar-refractivity contribution in [3.8, 4) is 5.69 Å². The Hall–Kier alpha value is -2.72. The quantitative estimate of drug-likeness (QED) is 0.517. The predicted molar refractivity (Wildman–Crippen MR) is 125 cm³/mol. The third kappa shape index (κ3) is 3.78. The average molecular weight is 504 g/mol. The van der Waals surface area contributed by atoms with E-state index in [4.69, 9.17) is 11.6 Å². The third-order valence-corrected chi connectivity index (χ3v) is 7.94. The maximum atomic E-state index is 13.6. The zero-order valence-corrected chi connectivity index (χ0v) is 20.2. The SMILES string of the molecule is Cc1nccnc1N1CC2(CC(c3nnc4n3-c3ccc(Cl)cc3CN(C(C)C(F)(F)F)C4)C2)C1. The van der Waals surface area contributed by atoms with E-state index in [-0.39, 0.29) is 24.4 Å². The summed E-state index contributed by atoms with van der Waals surface area (Å²) in [6.45, 7) is 5.21. The van der Waals surface area contributed by atoms with Crippen LogP contribution in [0.5, 0.6) is 0 Å². The first-order valence-corrected chi connectivity index (χ1v) is 12.1. The molecule has 3 aromatic rings. The number of aryl methyl sites for hydroxylation is 1. The lowest BCUT2D eigenvalue weighted by atomic mass is 9.57. The third-order valence-electron chi connectivity index (χ3n) is 7.71. The van der Waals surface area contributed by atoms with E-state index in [0.717, 1.165) is 54.5 Å². The molecule has 0 amide bonds. The molecular weight excluding hydrogens is 479 g/mol. The summed E-state index contributed by atoms with van der Waals surface area (Å²) in [7, 11) is 0. The lowest BCUT2D eigenvalue weighted by molar-refractivity contribution is -0.182. The van der Waals surface area contributed by atoms with Crippen LogP contribution in [0.2, 0.25) is 5.02 Å². The Balaban J connectivity index is 1.26. The second-order valence-electron chi connectivity index (χ2n) is 10.1. The highest BCUT2D eigenvalue weighted by atomic mass is 35.5. The van der Waals surface area contributed by atoms with E-state index in [2.05, 4.69) is 25.1 Å². The van der Waals surface area contributed by atoms with Gasteiger partial charge in [-0.15, -0.1) is 10.2 Å². The molecule has 0 N–H and O–H groups in total. The smallest absolute Gasteiger partial charge is 0.354 e. The average Bonchev–Trinajstić information content (AvgIpc) is 3.07. The summed E-state index contributed by atoms with van der Waals surface area (Å²) < 4.78 is 42.7. The van der Waals surface area contributed by atoms with Gasteiger partial charge in [-0.05, 0) is 50.5 Å². The van der Waals surface area contributed by atoms with Gasteiger partial charge in [0, 0.05) is 48.4 Å². The van der Waals surface area contributed by atoms with Crippen molar-refractivity contribution in [1.29, 1.82) is 0 Å². The predicted octanol–water partition coefficient (Wildman–Crippen LogP) is 4.67. The topological polar surface area (TPSA) is 63.0 Å². The van der Waals surface area contributed by atoms with Crippen molar-refractivity contribution in [2.45, 2.75) is 57.9 Å². The highest BCUT2D eigenvalue weighted by Gasteiger charge is 2.55. The van der Waals surface area contributed by atoms with E-state index < -0.39 is 12.2 Å². The van der Waals surface area contributed by atoms with Crippen molar-refractivity contribution in [1.82, 2.24) is 29.6 Å². The molecule has 2 aliphatic heterocycles. The molecule has 1 atom stereocenters. The number of anilines is 1. The van der Waals surface area contributed by atoms with Gasteiger partial charge in [-0.2, -0.15) is 13.2 Å². The Bertz CT molecular complexity index is 1280. The van der Waals surface area contributed by atoms with Gasteiger partial charge in [-0.3, -0.25) is 14.5 Å². The molecule has 2 fully saturated rings. The molecule has 2 aromatic heterocycles. The number of fused-ring (bicyclic) bond motifs is 3. The number of hydrogen-bond donors (Lipinski definition) is 0. The summed E-state index contributed by atoms with van der Waals surface area (Å²) in [6, 6.07) is 3.78. The molecule has 1 aromatic carbocycles. The van der Waals surface area contributed by atoms with Crippen LogP contribution in [0.4, 0.5) is 19.0 Å². The molecule has 1 spiro atoms. The molecule has 35 heavy (non-hydrogen) atoms. The second-order valence-corrected chi connectivity index (χ2v) is 10.6. The van der Waals surface area contributed by atoms with Crippen molar-refractivity contribution >= 4 is 17.4 Å². The minimum atomic E-state index is -4.34. The standard InChI is InChI=1S/C24H25ClF3N7/c1-14-21(30-6-5-29-14)34-12-23(13-34)8-17(9-23)22-32-31-20-11-33(15(2)24(26,27)28)10-16-7-18(25)3-4-19(16)35(20)22/h3-7,15,17H,8-13H2,1-2H3. The summed E-state index contributed by atoms with van der Waals surface area (Å²) in [4.78, 5) is 12.5. The number of halogens is 4. The van der Waals surface area contributed by atoms with Gasteiger partial charge in [0.05, 0.1) is 17.9 Å². The van der Waals surface area contributed by atoms with Crippen molar-refractivity contribution < 1.29 is 13.2 Å². The van der Waals surface area contributed by atoms with Crippen molar-refractivity contribution in [3.05, 3.63) is 58.5 Å².